The second kappa shape index (κ2) is 6.50. The molecule has 2 heterocycles. The molecule has 2 aliphatic heterocycles. The molecule has 25 heavy (non-hydrogen) atoms. The van der Waals surface area contributed by atoms with Gasteiger partial charge in [0.2, 0.25) is 17.7 Å². The lowest BCUT2D eigenvalue weighted by atomic mass is 9.86. The standard InChI is InChI=1S/C19H25N3O3/c1-12(22-10-6-4-5-7-16(22)23)17(24)20-13-8-9-15-14(11-13)19(2,3)18(25)21-15/h8-9,11-12H,4-7,10H2,1-3H3,(H,20,24)(H,21,25)/t12-/m1/s1. The number of fused-ring (bicyclic) bond motifs is 1. The van der Waals surface area contributed by atoms with Crippen LogP contribution in [0.4, 0.5) is 11.4 Å². The van der Waals surface area contributed by atoms with Crippen LogP contribution in [0.15, 0.2) is 18.2 Å². The molecule has 1 atom stereocenters. The van der Waals surface area contributed by atoms with Gasteiger partial charge >= 0.3 is 0 Å². The van der Waals surface area contributed by atoms with E-state index in [2.05, 4.69) is 10.6 Å². The van der Waals surface area contributed by atoms with E-state index >= 15 is 0 Å². The molecule has 3 amide bonds. The molecule has 1 saturated heterocycles. The summed E-state index contributed by atoms with van der Waals surface area (Å²) in [4.78, 5) is 38.5. The lowest BCUT2D eigenvalue weighted by Crippen LogP contribution is -2.45. The number of likely N-dealkylation sites (tertiary alicyclic amines) is 1. The van der Waals surface area contributed by atoms with Gasteiger partial charge in [0.1, 0.15) is 6.04 Å². The fourth-order valence-electron chi connectivity index (χ4n) is 3.45. The molecular formula is C19H25N3O3. The molecule has 1 fully saturated rings. The van der Waals surface area contributed by atoms with Gasteiger partial charge in [-0.05, 0) is 57.4 Å². The molecule has 0 unspecified atom stereocenters. The topological polar surface area (TPSA) is 78.5 Å². The Morgan fingerprint density at radius 1 is 1.24 bits per heavy atom. The molecule has 134 valence electrons. The van der Waals surface area contributed by atoms with Crippen molar-refractivity contribution in [1.29, 1.82) is 0 Å². The van der Waals surface area contributed by atoms with Gasteiger partial charge in [-0.3, -0.25) is 14.4 Å². The summed E-state index contributed by atoms with van der Waals surface area (Å²) in [5.74, 6) is -0.204. The minimum atomic E-state index is -0.623. The highest BCUT2D eigenvalue weighted by molar-refractivity contribution is 6.06. The number of hydrogen-bond acceptors (Lipinski definition) is 3. The van der Waals surface area contributed by atoms with Gasteiger partial charge in [0.15, 0.2) is 0 Å². The maximum Gasteiger partial charge on any atom is 0.246 e. The molecular weight excluding hydrogens is 318 g/mol. The summed E-state index contributed by atoms with van der Waals surface area (Å²) in [7, 11) is 0. The number of carbonyl (C=O) groups excluding carboxylic acids is 3. The second-order valence-corrected chi connectivity index (χ2v) is 7.40. The number of amides is 3. The Balaban J connectivity index is 1.74. The fraction of sp³-hybridized carbons (Fsp3) is 0.526. The summed E-state index contributed by atoms with van der Waals surface area (Å²) in [5.41, 5.74) is 1.67. The van der Waals surface area contributed by atoms with Crippen LogP contribution in [0.5, 0.6) is 0 Å². The first-order valence-electron chi connectivity index (χ1n) is 8.87. The Hall–Kier alpha value is -2.37. The summed E-state index contributed by atoms with van der Waals surface area (Å²) < 4.78 is 0. The zero-order valence-corrected chi connectivity index (χ0v) is 15.0. The van der Waals surface area contributed by atoms with Gasteiger partial charge < -0.3 is 15.5 Å². The Bertz CT molecular complexity index is 727. The predicted octanol–water partition coefficient (Wildman–Crippen LogP) is 2.65. The van der Waals surface area contributed by atoms with Crippen molar-refractivity contribution in [3.8, 4) is 0 Å². The highest BCUT2D eigenvalue weighted by Gasteiger charge is 2.38. The first kappa shape index (κ1) is 17.5. The number of carbonyl (C=O) groups is 3. The van der Waals surface area contributed by atoms with E-state index < -0.39 is 11.5 Å². The molecule has 3 rings (SSSR count). The molecule has 6 heteroatoms. The molecule has 0 bridgehead atoms. The minimum Gasteiger partial charge on any atom is -0.331 e. The molecule has 6 nitrogen and oxygen atoms in total. The molecule has 0 aliphatic carbocycles. The lowest BCUT2D eigenvalue weighted by molar-refractivity contribution is -0.137. The van der Waals surface area contributed by atoms with Gasteiger partial charge in [0, 0.05) is 24.3 Å². The third-order valence-electron chi connectivity index (χ3n) is 5.23. The minimum absolute atomic E-state index is 0.0463. The van der Waals surface area contributed by atoms with Gasteiger partial charge in [0.25, 0.3) is 0 Å². The van der Waals surface area contributed by atoms with Crippen LogP contribution >= 0.6 is 0 Å². The number of nitrogens with zero attached hydrogens (tertiary/aromatic N) is 1. The SMILES string of the molecule is C[C@H](C(=O)Nc1ccc2c(c1)C(C)(C)C(=O)N2)N1CCCCCC1=O. The second-order valence-electron chi connectivity index (χ2n) is 7.40. The Kier molecular flexibility index (Phi) is 4.54. The first-order valence-corrected chi connectivity index (χ1v) is 8.87. The monoisotopic (exact) mass is 343 g/mol. The zero-order chi connectivity index (χ0) is 18.2. The molecule has 0 aromatic heterocycles. The highest BCUT2D eigenvalue weighted by atomic mass is 16.2. The average molecular weight is 343 g/mol. The Morgan fingerprint density at radius 3 is 2.76 bits per heavy atom. The fourth-order valence-corrected chi connectivity index (χ4v) is 3.45. The summed E-state index contributed by atoms with van der Waals surface area (Å²) in [6, 6.07) is 4.91. The van der Waals surface area contributed by atoms with Gasteiger partial charge in [-0.15, -0.1) is 0 Å². The smallest absolute Gasteiger partial charge is 0.246 e. The van der Waals surface area contributed by atoms with Gasteiger partial charge in [0.05, 0.1) is 5.41 Å². The van der Waals surface area contributed by atoms with Crippen LogP contribution in [0.2, 0.25) is 0 Å². The van der Waals surface area contributed by atoms with E-state index in [0.717, 1.165) is 30.5 Å². The predicted molar refractivity (Wildman–Crippen MR) is 96.4 cm³/mol. The quantitative estimate of drug-likeness (QED) is 0.885. The molecule has 0 radical (unpaired) electrons. The zero-order valence-electron chi connectivity index (χ0n) is 15.0. The van der Waals surface area contributed by atoms with E-state index in [4.69, 9.17) is 0 Å². The van der Waals surface area contributed by atoms with E-state index in [-0.39, 0.29) is 17.7 Å². The number of rotatable bonds is 3. The summed E-state index contributed by atoms with van der Waals surface area (Å²) in [5, 5.41) is 5.74. The van der Waals surface area contributed by atoms with E-state index in [1.807, 2.05) is 19.9 Å². The van der Waals surface area contributed by atoms with Gasteiger partial charge in [-0.1, -0.05) is 6.42 Å². The number of hydrogen-bond donors (Lipinski definition) is 2. The normalized spacial score (nSPS) is 20.5. The number of anilines is 2. The largest absolute Gasteiger partial charge is 0.331 e. The van der Waals surface area contributed by atoms with Crippen molar-refractivity contribution < 1.29 is 14.4 Å². The maximum absolute atomic E-state index is 12.6. The van der Waals surface area contributed by atoms with Crippen LogP contribution in [0.3, 0.4) is 0 Å². The number of benzene rings is 1. The number of nitrogens with one attached hydrogen (secondary N) is 2. The van der Waals surface area contributed by atoms with E-state index in [9.17, 15) is 14.4 Å². The van der Waals surface area contributed by atoms with Crippen molar-refractivity contribution in [3.05, 3.63) is 23.8 Å². The van der Waals surface area contributed by atoms with Crippen molar-refractivity contribution in [2.24, 2.45) is 0 Å². The molecule has 0 spiro atoms. The summed E-state index contributed by atoms with van der Waals surface area (Å²) in [6.07, 6.45) is 3.37. The van der Waals surface area contributed by atoms with Crippen LogP contribution in [0, 0.1) is 0 Å². The molecule has 1 aromatic rings. The lowest BCUT2D eigenvalue weighted by Gasteiger charge is -2.27. The Morgan fingerprint density at radius 2 is 2.00 bits per heavy atom. The van der Waals surface area contributed by atoms with Crippen molar-refractivity contribution in [1.82, 2.24) is 4.90 Å². The van der Waals surface area contributed by atoms with Gasteiger partial charge in [-0.2, -0.15) is 0 Å². The van der Waals surface area contributed by atoms with Crippen LogP contribution in [-0.4, -0.2) is 35.2 Å². The molecule has 2 aliphatic rings. The Labute approximate surface area is 148 Å². The third kappa shape index (κ3) is 3.25. The van der Waals surface area contributed by atoms with E-state index in [1.165, 1.54) is 0 Å². The van der Waals surface area contributed by atoms with Crippen LogP contribution in [0.25, 0.3) is 0 Å². The van der Waals surface area contributed by atoms with Crippen molar-refractivity contribution in [2.75, 3.05) is 17.2 Å². The van der Waals surface area contributed by atoms with Crippen LogP contribution in [0.1, 0.15) is 52.0 Å². The summed E-state index contributed by atoms with van der Waals surface area (Å²) in [6.45, 7) is 6.11. The van der Waals surface area contributed by atoms with E-state index in [0.29, 0.717) is 18.7 Å². The van der Waals surface area contributed by atoms with Crippen LogP contribution in [-0.2, 0) is 19.8 Å². The highest BCUT2D eigenvalue weighted by Crippen LogP contribution is 2.38. The van der Waals surface area contributed by atoms with Crippen LogP contribution < -0.4 is 10.6 Å². The third-order valence-corrected chi connectivity index (χ3v) is 5.23. The average Bonchev–Trinajstić information content (AvgIpc) is 2.71. The van der Waals surface area contributed by atoms with Gasteiger partial charge in [-0.25, -0.2) is 0 Å². The summed E-state index contributed by atoms with van der Waals surface area (Å²) >= 11 is 0. The molecule has 1 aromatic carbocycles. The van der Waals surface area contributed by atoms with E-state index in [1.54, 1.807) is 24.0 Å². The molecule has 2 N–H and O–H groups in total. The van der Waals surface area contributed by atoms with Crippen molar-refractivity contribution >= 4 is 29.1 Å². The van der Waals surface area contributed by atoms with Crippen molar-refractivity contribution in [3.63, 3.8) is 0 Å². The first-order chi connectivity index (χ1) is 11.8. The van der Waals surface area contributed by atoms with Crippen molar-refractivity contribution in [2.45, 2.75) is 57.9 Å². The molecule has 0 saturated carbocycles. The maximum atomic E-state index is 12.6.